The minimum absolute atomic E-state index is 0.217. The lowest BCUT2D eigenvalue weighted by Crippen LogP contribution is -2.13. The van der Waals surface area contributed by atoms with Gasteiger partial charge < -0.3 is 5.73 Å². The van der Waals surface area contributed by atoms with Crippen LogP contribution in [0.15, 0.2) is 24.3 Å². The highest BCUT2D eigenvalue weighted by Crippen LogP contribution is 2.19. The fourth-order valence-electron chi connectivity index (χ4n) is 1.21. The van der Waals surface area contributed by atoms with Crippen LogP contribution in [0.4, 0.5) is 0 Å². The molecule has 0 unspecified atom stereocenters. The van der Waals surface area contributed by atoms with Crippen LogP contribution < -0.4 is 5.73 Å². The quantitative estimate of drug-likeness (QED) is 0.852. The molecule has 0 aromatic heterocycles. The smallest absolute Gasteiger partial charge is 0.218 e. The molecule has 0 radical (unpaired) electrons. The number of carbonyl (C=O) groups is 1. The fraction of sp³-hybridized carbons (Fsp3) is 0.300. The summed E-state index contributed by atoms with van der Waals surface area (Å²) < 4.78 is 1.20. The van der Waals surface area contributed by atoms with Gasteiger partial charge in [0.05, 0.1) is 0 Å². The standard InChI is InChI=1S/C10H12INO/c1-7(6-10(12)13)8-2-4-9(11)5-3-8/h2-5,7H,6H2,1H3,(H2,12,13)/t7-/m0/s1. The molecule has 0 bridgehead atoms. The van der Waals surface area contributed by atoms with E-state index in [0.29, 0.717) is 6.42 Å². The van der Waals surface area contributed by atoms with E-state index in [-0.39, 0.29) is 11.8 Å². The number of hydrogen-bond acceptors (Lipinski definition) is 1. The van der Waals surface area contributed by atoms with E-state index < -0.39 is 0 Å². The van der Waals surface area contributed by atoms with Crippen molar-refractivity contribution in [3.63, 3.8) is 0 Å². The number of primary amides is 1. The molecule has 13 heavy (non-hydrogen) atoms. The Hall–Kier alpha value is -0.580. The van der Waals surface area contributed by atoms with Crippen molar-refractivity contribution in [1.82, 2.24) is 0 Å². The van der Waals surface area contributed by atoms with Gasteiger partial charge in [0.15, 0.2) is 0 Å². The lowest BCUT2D eigenvalue weighted by molar-refractivity contribution is -0.118. The third kappa shape index (κ3) is 3.34. The largest absolute Gasteiger partial charge is 0.370 e. The van der Waals surface area contributed by atoms with Crippen LogP contribution in [0.2, 0.25) is 0 Å². The molecule has 2 nitrogen and oxygen atoms in total. The van der Waals surface area contributed by atoms with E-state index in [1.54, 1.807) is 0 Å². The number of nitrogens with two attached hydrogens (primary N) is 1. The predicted molar refractivity (Wildman–Crippen MR) is 61.4 cm³/mol. The van der Waals surface area contributed by atoms with E-state index >= 15 is 0 Å². The van der Waals surface area contributed by atoms with Gasteiger partial charge >= 0.3 is 0 Å². The van der Waals surface area contributed by atoms with Gasteiger partial charge in [0.2, 0.25) is 5.91 Å². The number of amides is 1. The number of halogens is 1. The minimum Gasteiger partial charge on any atom is -0.370 e. The Morgan fingerprint density at radius 1 is 1.46 bits per heavy atom. The van der Waals surface area contributed by atoms with E-state index in [0.717, 1.165) is 0 Å². The van der Waals surface area contributed by atoms with E-state index in [1.807, 2.05) is 31.2 Å². The van der Waals surface area contributed by atoms with Crippen molar-refractivity contribution in [3.8, 4) is 0 Å². The fourth-order valence-corrected chi connectivity index (χ4v) is 1.57. The molecule has 2 N–H and O–H groups in total. The van der Waals surface area contributed by atoms with Crippen LogP contribution in [0.5, 0.6) is 0 Å². The number of carbonyl (C=O) groups excluding carboxylic acids is 1. The van der Waals surface area contributed by atoms with Crippen LogP contribution in [0.25, 0.3) is 0 Å². The molecule has 0 spiro atoms. The van der Waals surface area contributed by atoms with Crippen LogP contribution in [-0.2, 0) is 4.79 Å². The highest BCUT2D eigenvalue weighted by molar-refractivity contribution is 14.1. The summed E-state index contributed by atoms with van der Waals surface area (Å²) in [5.41, 5.74) is 6.29. The zero-order chi connectivity index (χ0) is 9.84. The first kappa shape index (κ1) is 10.5. The zero-order valence-corrected chi connectivity index (χ0v) is 9.61. The monoisotopic (exact) mass is 289 g/mol. The van der Waals surface area contributed by atoms with Crippen molar-refractivity contribution in [1.29, 1.82) is 0 Å². The van der Waals surface area contributed by atoms with Crippen LogP contribution in [0.3, 0.4) is 0 Å². The van der Waals surface area contributed by atoms with Crippen molar-refractivity contribution >= 4 is 28.5 Å². The summed E-state index contributed by atoms with van der Waals surface area (Å²) in [6, 6.07) is 8.14. The summed E-state index contributed by atoms with van der Waals surface area (Å²) in [6.45, 7) is 2.01. The molecule has 0 saturated heterocycles. The Morgan fingerprint density at radius 3 is 2.46 bits per heavy atom. The van der Waals surface area contributed by atoms with E-state index in [4.69, 9.17) is 5.73 Å². The third-order valence-electron chi connectivity index (χ3n) is 1.95. The van der Waals surface area contributed by atoms with Crippen LogP contribution in [0.1, 0.15) is 24.8 Å². The first-order valence-corrected chi connectivity index (χ1v) is 5.21. The molecule has 3 heteroatoms. The van der Waals surface area contributed by atoms with Crippen LogP contribution in [-0.4, -0.2) is 5.91 Å². The second-order valence-electron chi connectivity index (χ2n) is 3.12. The average Bonchev–Trinajstić information content (AvgIpc) is 2.04. The van der Waals surface area contributed by atoms with Crippen molar-refractivity contribution in [2.24, 2.45) is 5.73 Å². The molecular formula is C10H12INO. The molecule has 0 aliphatic carbocycles. The van der Waals surface area contributed by atoms with E-state index in [1.165, 1.54) is 9.13 Å². The van der Waals surface area contributed by atoms with Crippen molar-refractivity contribution in [2.75, 3.05) is 0 Å². The third-order valence-corrected chi connectivity index (χ3v) is 2.67. The van der Waals surface area contributed by atoms with Gasteiger partial charge in [-0.25, -0.2) is 0 Å². The molecule has 0 fully saturated rings. The lowest BCUT2D eigenvalue weighted by Gasteiger charge is -2.08. The first-order chi connectivity index (χ1) is 6.09. The highest BCUT2D eigenvalue weighted by Gasteiger charge is 2.07. The van der Waals surface area contributed by atoms with Crippen molar-refractivity contribution < 1.29 is 4.79 Å². The molecule has 1 atom stereocenters. The summed E-state index contributed by atoms with van der Waals surface area (Å²) in [4.78, 5) is 10.7. The highest BCUT2D eigenvalue weighted by atomic mass is 127. The van der Waals surface area contributed by atoms with Gasteiger partial charge in [0.25, 0.3) is 0 Å². The van der Waals surface area contributed by atoms with Gasteiger partial charge in [-0.2, -0.15) is 0 Å². The molecule has 0 aliphatic rings. The SMILES string of the molecule is C[C@@H](CC(N)=O)c1ccc(I)cc1. The Morgan fingerprint density at radius 2 is 2.00 bits per heavy atom. The van der Waals surface area contributed by atoms with Gasteiger partial charge in [-0.05, 0) is 46.2 Å². The summed E-state index contributed by atoms with van der Waals surface area (Å²) in [5, 5.41) is 0. The van der Waals surface area contributed by atoms with Gasteiger partial charge in [-0.3, -0.25) is 4.79 Å². The summed E-state index contributed by atoms with van der Waals surface area (Å²) >= 11 is 2.25. The maximum absolute atomic E-state index is 10.7. The normalized spacial score (nSPS) is 12.5. The van der Waals surface area contributed by atoms with Gasteiger partial charge in [0, 0.05) is 9.99 Å². The topological polar surface area (TPSA) is 43.1 Å². The zero-order valence-electron chi connectivity index (χ0n) is 7.46. The second-order valence-corrected chi connectivity index (χ2v) is 4.37. The molecule has 0 aliphatic heterocycles. The van der Waals surface area contributed by atoms with Gasteiger partial charge in [-0.15, -0.1) is 0 Å². The molecule has 0 heterocycles. The minimum atomic E-state index is -0.244. The van der Waals surface area contributed by atoms with E-state index in [2.05, 4.69) is 22.6 Å². The average molecular weight is 289 g/mol. The second kappa shape index (κ2) is 4.60. The summed E-state index contributed by atoms with van der Waals surface area (Å²) in [5.74, 6) is -0.0273. The summed E-state index contributed by atoms with van der Waals surface area (Å²) in [7, 11) is 0. The Bertz CT molecular complexity index is 294. The van der Waals surface area contributed by atoms with Crippen molar-refractivity contribution in [2.45, 2.75) is 19.3 Å². The van der Waals surface area contributed by atoms with Crippen LogP contribution in [0, 0.1) is 3.57 Å². The molecule has 1 amide bonds. The summed E-state index contributed by atoms with van der Waals surface area (Å²) in [6.07, 6.45) is 0.417. The predicted octanol–water partition coefficient (Wildman–Crippen LogP) is 2.27. The maximum atomic E-state index is 10.7. The molecule has 1 rings (SSSR count). The maximum Gasteiger partial charge on any atom is 0.218 e. The molecule has 0 saturated carbocycles. The molecule has 1 aromatic carbocycles. The van der Waals surface area contributed by atoms with Crippen LogP contribution >= 0.6 is 22.6 Å². The van der Waals surface area contributed by atoms with Gasteiger partial charge in [-0.1, -0.05) is 19.1 Å². The Balaban J connectivity index is 2.71. The Kier molecular flexibility index (Phi) is 3.71. The first-order valence-electron chi connectivity index (χ1n) is 4.13. The molecule has 1 aromatic rings. The molecular weight excluding hydrogens is 277 g/mol. The van der Waals surface area contributed by atoms with E-state index in [9.17, 15) is 4.79 Å². The number of benzene rings is 1. The molecule has 70 valence electrons. The van der Waals surface area contributed by atoms with Crippen molar-refractivity contribution in [3.05, 3.63) is 33.4 Å². The Labute approximate surface area is 91.7 Å². The lowest BCUT2D eigenvalue weighted by atomic mass is 9.98. The number of rotatable bonds is 3. The van der Waals surface area contributed by atoms with Gasteiger partial charge in [0.1, 0.15) is 0 Å². The number of hydrogen-bond donors (Lipinski definition) is 1.